The molecule has 0 saturated heterocycles. The number of nitrogens with zero attached hydrogens (tertiary/aromatic N) is 2. The number of hydrogen-bond acceptors (Lipinski definition) is 4. The predicted molar refractivity (Wildman–Crippen MR) is 99.0 cm³/mol. The Morgan fingerprint density at radius 1 is 1.36 bits per heavy atom. The molecule has 1 aromatic carbocycles. The van der Waals surface area contributed by atoms with Crippen LogP contribution in [-0.2, 0) is 11.3 Å². The van der Waals surface area contributed by atoms with Gasteiger partial charge >= 0.3 is 0 Å². The maximum atomic E-state index is 12.5. The van der Waals surface area contributed by atoms with Gasteiger partial charge in [-0.2, -0.15) is 5.10 Å². The molecule has 1 fully saturated rings. The fourth-order valence-electron chi connectivity index (χ4n) is 3.35. The first-order chi connectivity index (χ1) is 12.1. The van der Waals surface area contributed by atoms with Crippen LogP contribution in [0.1, 0.15) is 32.6 Å². The maximum Gasteiger partial charge on any atom is 0.240 e. The smallest absolute Gasteiger partial charge is 0.240 e. The Morgan fingerprint density at radius 3 is 2.76 bits per heavy atom. The number of nitrogens with one attached hydrogen (secondary N) is 2. The molecular formula is C18H24N4O2S. The van der Waals surface area contributed by atoms with Crippen molar-refractivity contribution in [2.24, 2.45) is 5.92 Å². The predicted octanol–water partition coefficient (Wildman–Crippen LogP) is 3.31. The van der Waals surface area contributed by atoms with Crippen LogP contribution in [0, 0.1) is 10.7 Å². The normalized spacial score (nSPS) is 20.2. The summed E-state index contributed by atoms with van der Waals surface area (Å²) >= 11 is 5.31. The van der Waals surface area contributed by atoms with E-state index in [0.717, 1.165) is 17.7 Å². The van der Waals surface area contributed by atoms with E-state index >= 15 is 0 Å². The molecule has 3 rings (SSSR count). The van der Waals surface area contributed by atoms with Crippen molar-refractivity contribution < 1.29 is 9.53 Å². The molecule has 0 radical (unpaired) electrons. The van der Waals surface area contributed by atoms with Gasteiger partial charge in [-0.15, -0.1) is 0 Å². The van der Waals surface area contributed by atoms with Gasteiger partial charge in [-0.3, -0.25) is 14.5 Å². The summed E-state index contributed by atoms with van der Waals surface area (Å²) in [5.41, 5.74) is 0.881. The third-order valence-corrected chi connectivity index (χ3v) is 5.18. The quantitative estimate of drug-likeness (QED) is 0.803. The number of hydrogen-bond donors (Lipinski definition) is 2. The molecular weight excluding hydrogens is 336 g/mol. The van der Waals surface area contributed by atoms with E-state index in [1.807, 2.05) is 24.3 Å². The number of aromatic nitrogens is 3. The topological polar surface area (TPSA) is 71.9 Å². The van der Waals surface area contributed by atoms with Crippen molar-refractivity contribution in [1.82, 2.24) is 20.1 Å². The van der Waals surface area contributed by atoms with Crippen LogP contribution >= 0.6 is 12.2 Å². The minimum Gasteiger partial charge on any atom is -0.497 e. The summed E-state index contributed by atoms with van der Waals surface area (Å²) in [4.78, 5) is 12.5. The van der Waals surface area contributed by atoms with E-state index < -0.39 is 0 Å². The highest BCUT2D eigenvalue weighted by Gasteiger charge is 2.23. The molecule has 2 atom stereocenters. The average Bonchev–Trinajstić information content (AvgIpc) is 2.98. The van der Waals surface area contributed by atoms with E-state index in [4.69, 9.17) is 17.0 Å². The van der Waals surface area contributed by atoms with Crippen molar-refractivity contribution in [3.63, 3.8) is 0 Å². The van der Waals surface area contributed by atoms with Crippen LogP contribution < -0.4 is 10.1 Å². The van der Waals surface area contributed by atoms with Gasteiger partial charge in [0.25, 0.3) is 0 Å². The molecule has 7 heteroatoms. The van der Waals surface area contributed by atoms with E-state index in [-0.39, 0.29) is 18.5 Å². The highest BCUT2D eigenvalue weighted by molar-refractivity contribution is 7.71. The second-order valence-corrected chi connectivity index (χ2v) is 6.99. The summed E-state index contributed by atoms with van der Waals surface area (Å²) in [6.45, 7) is 2.37. The number of H-pyrrole nitrogens is 1. The van der Waals surface area contributed by atoms with Gasteiger partial charge in [0.05, 0.1) is 7.11 Å². The number of methoxy groups -OCH3 is 1. The number of rotatable bonds is 5. The van der Waals surface area contributed by atoms with E-state index in [2.05, 4.69) is 22.4 Å². The first-order valence-corrected chi connectivity index (χ1v) is 9.08. The molecule has 6 nitrogen and oxygen atoms in total. The first-order valence-electron chi connectivity index (χ1n) is 8.67. The van der Waals surface area contributed by atoms with Crippen molar-refractivity contribution in [3.05, 3.63) is 29.0 Å². The van der Waals surface area contributed by atoms with Crippen molar-refractivity contribution in [2.45, 2.75) is 45.2 Å². The third-order valence-electron chi connectivity index (χ3n) is 4.87. The third kappa shape index (κ3) is 4.10. The highest BCUT2D eigenvalue weighted by Crippen LogP contribution is 2.24. The number of aromatic amines is 1. The Balaban J connectivity index is 1.74. The fourth-order valence-corrected chi connectivity index (χ4v) is 3.55. The molecule has 0 spiro atoms. The molecule has 1 aliphatic carbocycles. The van der Waals surface area contributed by atoms with Crippen LogP contribution in [0.2, 0.25) is 0 Å². The Morgan fingerprint density at radius 2 is 2.08 bits per heavy atom. The Labute approximate surface area is 152 Å². The number of amides is 1. The van der Waals surface area contributed by atoms with Gasteiger partial charge in [-0.05, 0) is 55.2 Å². The van der Waals surface area contributed by atoms with Gasteiger partial charge in [-0.25, -0.2) is 0 Å². The molecule has 1 amide bonds. The average molecular weight is 360 g/mol. The zero-order chi connectivity index (χ0) is 17.8. The van der Waals surface area contributed by atoms with E-state index in [1.54, 1.807) is 11.7 Å². The molecule has 1 aromatic heterocycles. The van der Waals surface area contributed by atoms with E-state index in [0.29, 0.717) is 16.5 Å². The summed E-state index contributed by atoms with van der Waals surface area (Å²) in [7, 11) is 1.63. The summed E-state index contributed by atoms with van der Waals surface area (Å²) < 4.78 is 7.36. The number of carbonyl (C=O) groups is 1. The lowest BCUT2D eigenvalue weighted by atomic mass is 9.86. The second kappa shape index (κ2) is 7.82. The van der Waals surface area contributed by atoms with Crippen LogP contribution in [0.5, 0.6) is 5.75 Å². The SMILES string of the molecule is COc1ccc(-c2n[nH]c(=S)n2CC(=O)NC2CCCCC2C)cc1. The van der Waals surface area contributed by atoms with Crippen LogP contribution in [0.15, 0.2) is 24.3 Å². The highest BCUT2D eigenvalue weighted by atomic mass is 32.1. The fraction of sp³-hybridized carbons (Fsp3) is 0.500. The first kappa shape index (κ1) is 17.7. The summed E-state index contributed by atoms with van der Waals surface area (Å²) in [5.74, 6) is 1.93. The Kier molecular flexibility index (Phi) is 5.53. The van der Waals surface area contributed by atoms with Crippen molar-refractivity contribution in [2.75, 3.05) is 7.11 Å². The van der Waals surface area contributed by atoms with Crippen LogP contribution in [0.3, 0.4) is 0 Å². The number of carbonyl (C=O) groups excluding carboxylic acids is 1. The summed E-state index contributed by atoms with van der Waals surface area (Å²) in [5, 5.41) is 10.2. The molecule has 134 valence electrons. The molecule has 2 N–H and O–H groups in total. The van der Waals surface area contributed by atoms with Crippen molar-refractivity contribution in [3.8, 4) is 17.1 Å². The minimum atomic E-state index is -0.0222. The zero-order valence-electron chi connectivity index (χ0n) is 14.6. The molecule has 1 aliphatic rings. The van der Waals surface area contributed by atoms with E-state index in [1.165, 1.54) is 19.3 Å². The lowest BCUT2D eigenvalue weighted by molar-refractivity contribution is -0.122. The van der Waals surface area contributed by atoms with Crippen LogP contribution in [0.4, 0.5) is 0 Å². The minimum absolute atomic E-state index is 0.0222. The van der Waals surface area contributed by atoms with Crippen LogP contribution in [-0.4, -0.2) is 33.8 Å². The Hall–Kier alpha value is -2.15. The van der Waals surface area contributed by atoms with Gasteiger partial charge < -0.3 is 10.1 Å². The lowest BCUT2D eigenvalue weighted by Gasteiger charge is -2.29. The van der Waals surface area contributed by atoms with E-state index in [9.17, 15) is 4.79 Å². The molecule has 2 aromatic rings. The summed E-state index contributed by atoms with van der Waals surface area (Å²) in [6.07, 6.45) is 4.65. The van der Waals surface area contributed by atoms with Gasteiger partial charge in [0.2, 0.25) is 5.91 Å². The molecule has 1 saturated carbocycles. The number of ether oxygens (including phenoxy) is 1. The van der Waals surface area contributed by atoms with Crippen molar-refractivity contribution in [1.29, 1.82) is 0 Å². The number of benzene rings is 1. The lowest BCUT2D eigenvalue weighted by Crippen LogP contribution is -2.42. The van der Waals surface area contributed by atoms with Crippen molar-refractivity contribution >= 4 is 18.1 Å². The zero-order valence-corrected chi connectivity index (χ0v) is 15.4. The summed E-state index contributed by atoms with van der Waals surface area (Å²) in [6, 6.07) is 7.79. The van der Waals surface area contributed by atoms with Crippen LogP contribution in [0.25, 0.3) is 11.4 Å². The molecule has 25 heavy (non-hydrogen) atoms. The Bertz CT molecular complexity index is 781. The molecule has 2 unspecified atom stereocenters. The van der Waals surface area contributed by atoms with Gasteiger partial charge in [0.15, 0.2) is 10.6 Å². The monoisotopic (exact) mass is 360 g/mol. The van der Waals surface area contributed by atoms with Gasteiger partial charge in [-0.1, -0.05) is 19.8 Å². The standard InChI is InChI=1S/C18H24N4O2S/c1-12-5-3-4-6-15(12)19-16(23)11-22-17(20-21-18(22)25)13-7-9-14(24-2)10-8-13/h7-10,12,15H,3-6,11H2,1-2H3,(H,19,23)(H,21,25). The molecule has 1 heterocycles. The van der Waals surface area contributed by atoms with Gasteiger partial charge in [0.1, 0.15) is 12.3 Å². The molecule has 0 aliphatic heterocycles. The van der Waals surface area contributed by atoms with Gasteiger partial charge in [0, 0.05) is 11.6 Å². The maximum absolute atomic E-state index is 12.5. The second-order valence-electron chi connectivity index (χ2n) is 6.60. The molecule has 0 bridgehead atoms. The largest absolute Gasteiger partial charge is 0.497 e.